The van der Waals surface area contributed by atoms with Crippen LogP contribution < -0.4 is 0 Å². The molecule has 18 heavy (non-hydrogen) atoms. The second-order valence-corrected chi connectivity index (χ2v) is 5.08. The molecule has 0 aromatic heterocycles. The van der Waals surface area contributed by atoms with Crippen molar-refractivity contribution < 1.29 is 19.4 Å². The normalized spacial score (nSPS) is 27.6. The van der Waals surface area contributed by atoms with Gasteiger partial charge < -0.3 is 19.5 Å². The number of carbonyl (C=O) groups is 1. The van der Waals surface area contributed by atoms with Crippen molar-refractivity contribution in [3.63, 3.8) is 0 Å². The largest absolute Gasteiger partial charge is 0.394 e. The fourth-order valence-electron chi connectivity index (χ4n) is 2.64. The van der Waals surface area contributed by atoms with E-state index in [-0.39, 0.29) is 18.6 Å². The molecule has 0 bridgehead atoms. The maximum absolute atomic E-state index is 11.7. The summed E-state index contributed by atoms with van der Waals surface area (Å²) in [5, 5.41) is 8.71. The van der Waals surface area contributed by atoms with Crippen LogP contribution in [0.15, 0.2) is 0 Å². The van der Waals surface area contributed by atoms with Crippen LogP contribution in [0.5, 0.6) is 0 Å². The molecule has 2 saturated heterocycles. The van der Waals surface area contributed by atoms with Crippen LogP contribution in [0.3, 0.4) is 0 Å². The number of aliphatic hydroxyl groups is 1. The molecule has 0 amide bonds. The van der Waals surface area contributed by atoms with E-state index in [9.17, 15) is 4.79 Å². The summed E-state index contributed by atoms with van der Waals surface area (Å²) in [7, 11) is 0. The molecular weight excluding hydrogens is 234 g/mol. The summed E-state index contributed by atoms with van der Waals surface area (Å²) in [6.07, 6.45) is 2.82. The Bertz CT molecular complexity index is 264. The number of nitrogens with zero attached hydrogens (tertiary/aromatic N) is 1. The Kier molecular flexibility index (Phi) is 5.56. The van der Waals surface area contributed by atoms with Crippen molar-refractivity contribution in [2.45, 2.75) is 25.4 Å². The van der Waals surface area contributed by atoms with Gasteiger partial charge in [-0.1, -0.05) is 0 Å². The number of piperidine rings is 1. The van der Waals surface area contributed by atoms with E-state index in [1.54, 1.807) is 0 Å². The Hall–Kier alpha value is -0.490. The van der Waals surface area contributed by atoms with Crippen LogP contribution in [0.2, 0.25) is 0 Å². The predicted octanol–water partition coefficient (Wildman–Crippen LogP) is 0.0653. The van der Waals surface area contributed by atoms with Gasteiger partial charge >= 0.3 is 0 Å². The maximum atomic E-state index is 11.7. The van der Waals surface area contributed by atoms with Crippen LogP contribution in [0, 0.1) is 5.92 Å². The number of carbonyl (C=O) groups excluding carboxylic acids is 1. The first-order valence-corrected chi connectivity index (χ1v) is 6.85. The molecule has 0 spiro atoms. The Morgan fingerprint density at radius 3 is 2.83 bits per heavy atom. The average molecular weight is 257 g/mol. The zero-order valence-corrected chi connectivity index (χ0v) is 10.8. The first-order valence-electron chi connectivity index (χ1n) is 6.85. The molecule has 1 atom stereocenters. The van der Waals surface area contributed by atoms with Gasteiger partial charge in [0, 0.05) is 26.1 Å². The SMILES string of the molecule is O=C1CCOCC1CN1CCC(OCCO)CC1. The maximum Gasteiger partial charge on any atom is 0.141 e. The monoisotopic (exact) mass is 257 g/mol. The second kappa shape index (κ2) is 7.19. The number of ether oxygens (including phenoxy) is 2. The van der Waals surface area contributed by atoms with Crippen molar-refractivity contribution >= 4 is 5.78 Å². The Labute approximate surface area is 108 Å². The van der Waals surface area contributed by atoms with E-state index in [0.717, 1.165) is 32.5 Å². The fraction of sp³-hybridized carbons (Fsp3) is 0.923. The highest BCUT2D eigenvalue weighted by Crippen LogP contribution is 2.17. The molecule has 1 N–H and O–H groups in total. The lowest BCUT2D eigenvalue weighted by atomic mass is 9.98. The molecule has 104 valence electrons. The minimum atomic E-state index is 0.0636. The first kappa shape index (κ1) is 13.9. The van der Waals surface area contributed by atoms with Gasteiger partial charge in [0.05, 0.1) is 38.4 Å². The van der Waals surface area contributed by atoms with Gasteiger partial charge in [-0.05, 0) is 12.8 Å². The van der Waals surface area contributed by atoms with E-state index in [0.29, 0.717) is 32.0 Å². The molecule has 0 saturated carbocycles. The van der Waals surface area contributed by atoms with Gasteiger partial charge in [0.25, 0.3) is 0 Å². The second-order valence-electron chi connectivity index (χ2n) is 5.08. The zero-order valence-electron chi connectivity index (χ0n) is 10.8. The molecule has 2 heterocycles. The molecule has 2 aliphatic rings. The van der Waals surface area contributed by atoms with Crippen LogP contribution >= 0.6 is 0 Å². The molecule has 0 radical (unpaired) electrons. The van der Waals surface area contributed by atoms with Crippen molar-refractivity contribution in [2.24, 2.45) is 5.92 Å². The molecule has 5 heteroatoms. The van der Waals surface area contributed by atoms with Gasteiger partial charge in [0.15, 0.2) is 0 Å². The highest BCUT2D eigenvalue weighted by atomic mass is 16.5. The Balaban J connectivity index is 1.68. The molecule has 2 aliphatic heterocycles. The average Bonchev–Trinajstić information content (AvgIpc) is 2.41. The topological polar surface area (TPSA) is 59.0 Å². The highest BCUT2D eigenvalue weighted by Gasteiger charge is 2.27. The summed E-state index contributed by atoms with van der Waals surface area (Å²) in [5.74, 6) is 0.411. The number of hydrogen-bond acceptors (Lipinski definition) is 5. The zero-order chi connectivity index (χ0) is 12.8. The van der Waals surface area contributed by atoms with Crippen molar-refractivity contribution in [2.75, 3.05) is 46.1 Å². The van der Waals surface area contributed by atoms with E-state index in [2.05, 4.69) is 4.90 Å². The van der Waals surface area contributed by atoms with Crippen molar-refractivity contribution in [1.29, 1.82) is 0 Å². The fourth-order valence-corrected chi connectivity index (χ4v) is 2.64. The van der Waals surface area contributed by atoms with E-state index < -0.39 is 0 Å². The molecule has 2 rings (SSSR count). The summed E-state index contributed by atoms with van der Waals surface area (Å²) in [6.45, 7) is 4.46. The number of likely N-dealkylation sites (tertiary alicyclic amines) is 1. The number of rotatable bonds is 5. The minimum absolute atomic E-state index is 0.0636. The molecule has 2 fully saturated rings. The number of hydrogen-bond donors (Lipinski definition) is 1. The van der Waals surface area contributed by atoms with Crippen molar-refractivity contribution in [1.82, 2.24) is 4.90 Å². The summed E-state index contributed by atoms with van der Waals surface area (Å²) >= 11 is 0. The Morgan fingerprint density at radius 2 is 2.17 bits per heavy atom. The van der Waals surface area contributed by atoms with Gasteiger partial charge in [0.2, 0.25) is 0 Å². The van der Waals surface area contributed by atoms with Gasteiger partial charge in [-0.15, -0.1) is 0 Å². The molecule has 1 unspecified atom stereocenters. The quantitative estimate of drug-likeness (QED) is 0.755. The van der Waals surface area contributed by atoms with E-state index in [1.807, 2.05) is 0 Å². The van der Waals surface area contributed by atoms with Crippen LogP contribution in [0.4, 0.5) is 0 Å². The highest BCUT2D eigenvalue weighted by molar-refractivity contribution is 5.82. The third-order valence-electron chi connectivity index (χ3n) is 3.73. The van der Waals surface area contributed by atoms with E-state index in [1.165, 1.54) is 0 Å². The van der Waals surface area contributed by atoms with Gasteiger partial charge in [-0.3, -0.25) is 4.79 Å². The predicted molar refractivity (Wildman–Crippen MR) is 66.4 cm³/mol. The van der Waals surface area contributed by atoms with E-state index >= 15 is 0 Å². The first-order chi connectivity index (χ1) is 8.79. The lowest BCUT2D eigenvalue weighted by molar-refractivity contribution is -0.131. The number of ketones is 1. The summed E-state index contributed by atoms with van der Waals surface area (Å²) in [5.41, 5.74) is 0. The summed E-state index contributed by atoms with van der Waals surface area (Å²) < 4.78 is 10.9. The van der Waals surface area contributed by atoms with Gasteiger partial charge in [-0.25, -0.2) is 0 Å². The van der Waals surface area contributed by atoms with Crippen LogP contribution in [0.1, 0.15) is 19.3 Å². The van der Waals surface area contributed by atoms with E-state index in [4.69, 9.17) is 14.6 Å². The van der Waals surface area contributed by atoms with Gasteiger partial charge in [0.1, 0.15) is 5.78 Å². The third kappa shape index (κ3) is 4.02. The standard InChI is InChI=1S/C13H23NO4/c15-6-8-18-12-1-4-14(5-2-12)9-11-10-17-7-3-13(11)16/h11-12,15H,1-10H2. The molecular formula is C13H23NO4. The minimum Gasteiger partial charge on any atom is -0.394 e. The molecule has 5 nitrogen and oxygen atoms in total. The number of Topliss-reactive ketones (excluding diaryl/α,β-unsaturated/α-hetero) is 1. The molecule has 0 aromatic rings. The van der Waals surface area contributed by atoms with Crippen LogP contribution in [0.25, 0.3) is 0 Å². The third-order valence-corrected chi connectivity index (χ3v) is 3.73. The lowest BCUT2D eigenvalue weighted by Crippen LogP contribution is -2.43. The van der Waals surface area contributed by atoms with Crippen LogP contribution in [-0.4, -0.2) is 68.0 Å². The molecule has 0 aromatic carbocycles. The van der Waals surface area contributed by atoms with Crippen LogP contribution in [-0.2, 0) is 14.3 Å². The lowest BCUT2D eigenvalue weighted by Gasteiger charge is -2.34. The summed E-state index contributed by atoms with van der Waals surface area (Å²) in [6, 6.07) is 0. The Morgan fingerprint density at radius 1 is 1.39 bits per heavy atom. The smallest absolute Gasteiger partial charge is 0.141 e. The van der Waals surface area contributed by atoms with Gasteiger partial charge in [-0.2, -0.15) is 0 Å². The van der Waals surface area contributed by atoms with Crippen molar-refractivity contribution in [3.05, 3.63) is 0 Å². The number of aliphatic hydroxyl groups excluding tert-OH is 1. The van der Waals surface area contributed by atoms with Crippen molar-refractivity contribution in [3.8, 4) is 0 Å². The molecule has 0 aliphatic carbocycles. The summed E-state index contributed by atoms with van der Waals surface area (Å²) in [4.78, 5) is 14.0.